The summed E-state index contributed by atoms with van der Waals surface area (Å²) in [5, 5.41) is 0. The molecule has 3 heterocycles. The molecule has 2 aromatic rings. The number of carbonyl (C=O) groups excluding carboxylic acids is 1. The number of hydrogen-bond donors (Lipinski definition) is 0. The molecule has 2 aromatic heterocycles. The molecular weight excluding hydrogens is 473 g/mol. The molecule has 0 radical (unpaired) electrons. The number of hydrogen-bond acceptors (Lipinski definition) is 5. The van der Waals surface area contributed by atoms with Crippen LogP contribution in [0.2, 0.25) is 0 Å². The standard InChI is InChI=1S/C16H17NO2S.C11H20F3N/c1-10(2)7-13-8-14(20-11(13)3)16(18)12-5-6-15(19-4)17-9-12;1-9(2)3-6-15-7-4-10(5-8-15)11(12,13)14/h5-9H,1-4H3;9-10H,3-8H2,1-2H3. The number of likely N-dealkylation sites (tertiary alicyclic amines) is 1. The molecule has 4 nitrogen and oxygen atoms in total. The number of rotatable bonds is 7. The number of piperidine rings is 1. The molecule has 0 spiro atoms. The summed E-state index contributed by atoms with van der Waals surface area (Å²) in [6, 6.07) is 5.38. The van der Waals surface area contributed by atoms with Crippen LogP contribution in [0.1, 0.15) is 72.6 Å². The van der Waals surface area contributed by atoms with Crippen LogP contribution in [0.15, 0.2) is 30.0 Å². The Bertz CT molecular complexity index is 969. The lowest BCUT2D eigenvalue weighted by atomic mass is 9.96. The lowest BCUT2D eigenvalue weighted by Crippen LogP contribution is -2.39. The molecule has 0 N–H and O–H groups in total. The average molecular weight is 511 g/mol. The molecular formula is C27H37F3N2O2S. The van der Waals surface area contributed by atoms with Gasteiger partial charge in [0.05, 0.1) is 17.9 Å². The quantitative estimate of drug-likeness (QED) is 0.364. The number of pyridine rings is 1. The highest BCUT2D eigenvalue weighted by molar-refractivity contribution is 7.14. The number of methoxy groups -OCH3 is 1. The number of alkyl halides is 3. The maximum atomic E-state index is 12.4. The number of thiophene rings is 1. The van der Waals surface area contributed by atoms with E-state index in [0.717, 1.165) is 28.3 Å². The van der Waals surface area contributed by atoms with Gasteiger partial charge in [0.25, 0.3) is 0 Å². The minimum atomic E-state index is -3.98. The molecule has 1 fully saturated rings. The zero-order valence-corrected chi connectivity index (χ0v) is 22.4. The predicted octanol–water partition coefficient (Wildman–Crippen LogP) is 7.42. The fourth-order valence-electron chi connectivity index (χ4n) is 3.76. The zero-order chi connectivity index (χ0) is 26.2. The van der Waals surface area contributed by atoms with Crippen molar-refractivity contribution in [2.45, 2.75) is 60.1 Å². The van der Waals surface area contributed by atoms with Crippen LogP contribution < -0.4 is 4.74 Å². The van der Waals surface area contributed by atoms with Crippen molar-refractivity contribution in [3.8, 4) is 5.88 Å². The van der Waals surface area contributed by atoms with Gasteiger partial charge in [0.2, 0.25) is 11.7 Å². The van der Waals surface area contributed by atoms with Crippen molar-refractivity contribution >= 4 is 23.2 Å². The van der Waals surface area contributed by atoms with Crippen molar-refractivity contribution in [2.75, 3.05) is 26.7 Å². The highest BCUT2D eigenvalue weighted by atomic mass is 32.1. The van der Waals surface area contributed by atoms with Gasteiger partial charge in [0.1, 0.15) is 0 Å². The van der Waals surface area contributed by atoms with Crippen LogP contribution in [0.3, 0.4) is 0 Å². The first-order chi connectivity index (χ1) is 16.4. The van der Waals surface area contributed by atoms with Crippen LogP contribution in [-0.2, 0) is 0 Å². The molecule has 8 heteroatoms. The van der Waals surface area contributed by atoms with Gasteiger partial charge >= 0.3 is 6.18 Å². The second-order valence-corrected chi connectivity index (χ2v) is 10.9. The Hall–Kier alpha value is -2.19. The lowest BCUT2D eigenvalue weighted by molar-refractivity contribution is -0.185. The van der Waals surface area contributed by atoms with E-state index in [1.807, 2.05) is 26.8 Å². The fraction of sp³-hybridized carbons (Fsp3) is 0.556. The minimum absolute atomic E-state index is 0.00154. The SMILES string of the molecule is CC(C)CCN1CCC(C(F)(F)F)CC1.COc1ccc(C(=O)c2cc(C=C(C)C)c(C)s2)cn1. The van der Waals surface area contributed by atoms with Crippen LogP contribution >= 0.6 is 11.3 Å². The average Bonchev–Trinajstić information content (AvgIpc) is 3.16. The second kappa shape index (κ2) is 13.2. The highest BCUT2D eigenvalue weighted by Crippen LogP contribution is 2.34. The Morgan fingerprint density at radius 1 is 1.26 bits per heavy atom. The molecule has 3 rings (SSSR count). The van der Waals surface area contributed by atoms with E-state index in [9.17, 15) is 18.0 Å². The van der Waals surface area contributed by atoms with Gasteiger partial charge in [0, 0.05) is 22.7 Å². The van der Waals surface area contributed by atoms with E-state index in [1.165, 1.54) is 16.9 Å². The maximum Gasteiger partial charge on any atom is 0.391 e. The fourth-order valence-corrected chi connectivity index (χ4v) is 4.73. The molecule has 1 aliphatic heterocycles. The summed E-state index contributed by atoms with van der Waals surface area (Å²) < 4.78 is 42.1. The first kappa shape index (κ1) is 29.0. The van der Waals surface area contributed by atoms with Crippen LogP contribution in [0.5, 0.6) is 5.88 Å². The molecule has 0 aliphatic carbocycles. The van der Waals surface area contributed by atoms with E-state index in [4.69, 9.17) is 4.74 Å². The van der Waals surface area contributed by atoms with E-state index in [-0.39, 0.29) is 18.6 Å². The van der Waals surface area contributed by atoms with Crippen LogP contribution in [-0.4, -0.2) is 48.6 Å². The van der Waals surface area contributed by atoms with Crippen molar-refractivity contribution in [3.63, 3.8) is 0 Å². The van der Waals surface area contributed by atoms with Crippen LogP contribution in [0.4, 0.5) is 13.2 Å². The van der Waals surface area contributed by atoms with Crippen LogP contribution in [0.25, 0.3) is 6.08 Å². The third kappa shape index (κ3) is 9.41. The van der Waals surface area contributed by atoms with Crippen molar-refractivity contribution in [1.29, 1.82) is 0 Å². The van der Waals surface area contributed by atoms with E-state index < -0.39 is 12.1 Å². The van der Waals surface area contributed by atoms with Crippen molar-refractivity contribution in [1.82, 2.24) is 9.88 Å². The van der Waals surface area contributed by atoms with Crippen LogP contribution in [0, 0.1) is 18.8 Å². The third-order valence-electron chi connectivity index (χ3n) is 5.90. The van der Waals surface area contributed by atoms with Crippen molar-refractivity contribution in [3.05, 3.63) is 50.9 Å². The largest absolute Gasteiger partial charge is 0.481 e. The van der Waals surface area contributed by atoms with Gasteiger partial charge in [-0.25, -0.2) is 4.98 Å². The van der Waals surface area contributed by atoms with Gasteiger partial charge in [0.15, 0.2) is 0 Å². The smallest absolute Gasteiger partial charge is 0.391 e. The Morgan fingerprint density at radius 3 is 2.40 bits per heavy atom. The van der Waals surface area contributed by atoms with E-state index in [0.29, 0.717) is 30.5 Å². The van der Waals surface area contributed by atoms with Gasteiger partial charge < -0.3 is 9.64 Å². The monoisotopic (exact) mass is 510 g/mol. The van der Waals surface area contributed by atoms with E-state index >= 15 is 0 Å². The summed E-state index contributed by atoms with van der Waals surface area (Å²) in [5.41, 5.74) is 2.91. The number of aryl methyl sites for hydroxylation is 1. The number of nitrogens with zero attached hydrogens (tertiary/aromatic N) is 2. The summed E-state index contributed by atoms with van der Waals surface area (Å²) in [7, 11) is 1.55. The van der Waals surface area contributed by atoms with Gasteiger partial charge in [-0.15, -0.1) is 11.3 Å². The molecule has 194 valence electrons. The summed E-state index contributed by atoms with van der Waals surface area (Å²) in [5.74, 6) is 0.0777. The Kier molecular flexibility index (Phi) is 11.0. The van der Waals surface area contributed by atoms with Gasteiger partial charge in [-0.05, 0) is 83.3 Å². The van der Waals surface area contributed by atoms with Crippen molar-refractivity contribution < 1.29 is 22.7 Å². The normalized spacial score (nSPS) is 14.9. The summed E-state index contributed by atoms with van der Waals surface area (Å²) in [6.45, 7) is 12.6. The van der Waals surface area contributed by atoms with Crippen molar-refractivity contribution in [2.24, 2.45) is 11.8 Å². The molecule has 0 aromatic carbocycles. The minimum Gasteiger partial charge on any atom is -0.481 e. The number of ether oxygens (including phenoxy) is 1. The number of ketones is 1. The molecule has 0 amide bonds. The van der Waals surface area contributed by atoms with Gasteiger partial charge in [-0.1, -0.05) is 25.5 Å². The maximum absolute atomic E-state index is 12.4. The summed E-state index contributed by atoms with van der Waals surface area (Å²) >= 11 is 1.52. The molecule has 1 saturated heterocycles. The highest BCUT2D eigenvalue weighted by Gasteiger charge is 2.40. The Balaban J connectivity index is 0.000000258. The molecule has 1 aliphatic rings. The number of halogens is 3. The number of carbonyl (C=O) groups is 1. The molecule has 35 heavy (non-hydrogen) atoms. The first-order valence-corrected chi connectivity index (χ1v) is 12.8. The third-order valence-corrected chi connectivity index (χ3v) is 6.97. The Morgan fingerprint density at radius 2 is 1.91 bits per heavy atom. The Labute approximate surface area is 211 Å². The molecule has 0 unspecified atom stereocenters. The van der Waals surface area contributed by atoms with E-state index in [2.05, 4.69) is 29.8 Å². The predicted molar refractivity (Wildman–Crippen MR) is 137 cm³/mol. The summed E-state index contributed by atoms with van der Waals surface area (Å²) in [6.07, 6.45) is 1.30. The van der Waals surface area contributed by atoms with Gasteiger partial charge in [-0.2, -0.15) is 13.2 Å². The number of allylic oxidation sites excluding steroid dienone is 1. The molecule has 0 saturated carbocycles. The second-order valence-electron chi connectivity index (χ2n) is 9.60. The molecule has 0 bridgehead atoms. The zero-order valence-electron chi connectivity index (χ0n) is 21.5. The van der Waals surface area contributed by atoms with Gasteiger partial charge in [-0.3, -0.25) is 4.79 Å². The van der Waals surface area contributed by atoms with E-state index in [1.54, 1.807) is 25.4 Å². The number of aromatic nitrogens is 1. The molecule has 0 atom stereocenters. The summed E-state index contributed by atoms with van der Waals surface area (Å²) in [4.78, 5) is 20.5. The first-order valence-electron chi connectivity index (χ1n) is 12.0. The topological polar surface area (TPSA) is 42.4 Å². The lowest BCUT2D eigenvalue weighted by Gasteiger charge is -2.33.